The first-order chi connectivity index (χ1) is 8.90. The Balaban J connectivity index is 2.46. The molecule has 19 heavy (non-hydrogen) atoms. The quantitative estimate of drug-likeness (QED) is 0.862. The van der Waals surface area contributed by atoms with E-state index in [1.165, 1.54) is 6.20 Å². The predicted molar refractivity (Wildman–Crippen MR) is 75.1 cm³/mol. The number of aryl methyl sites for hydroxylation is 3. The average molecular weight is 275 g/mol. The largest absolute Gasteiger partial charge is 0.571 e. The summed E-state index contributed by atoms with van der Waals surface area (Å²) in [6.45, 7) is 5.51. The molecular formula is C14H15N2O2S-. The zero-order valence-corrected chi connectivity index (χ0v) is 11.9. The highest BCUT2D eigenvalue weighted by Gasteiger charge is 2.12. The van der Waals surface area contributed by atoms with Crippen LogP contribution in [0, 0.1) is 20.8 Å². The van der Waals surface area contributed by atoms with Crippen LogP contribution in [-0.2, 0) is 10.0 Å². The molecule has 0 saturated carbocycles. The summed E-state index contributed by atoms with van der Waals surface area (Å²) in [5, 5.41) is 0. The predicted octanol–water partition coefficient (Wildman–Crippen LogP) is 3.40. The summed E-state index contributed by atoms with van der Waals surface area (Å²) in [4.78, 5) is 4.14. The van der Waals surface area contributed by atoms with Crippen molar-refractivity contribution in [2.24, 2.45) is 0 Å². The van der Waals surface area contributed by atoms with Crippen LogP contribution in [0.4, 0.5) is 5.69 Å². The molecule has 0 amide bonds. The maximum Gasteiger partial charge on any atom is 0.123 e. The second kappa shape index (κ2) is 5.01. The van der Waals surface area contributed by atoms with Crippen molar-refractivity contribution in [2.75, 3.05) is 0 Å². The highest BCUT2D eigenvalue weighted by molar-refractivity contribution is 7.94. The molecule has 1 heterocycles. The lowest BCUT2D eigenvalue weighted by Gasteiger charge is -2.24. The van der Waals surface area contributed by atoms with Gasteiger partial charge >= 0.3 is 0 Å². The van der Waals surface area contributed by atoms with E-state index in [0.29, 0.717) is 16.8 Å². The van der Waals surface area contributed by atoms with Gasteiger partial charge in [-0.1, -0.05) is 23.8 Å². The van der Waals surface area contributed by atoms with E-state index in [4.69, 9.17) is 0 Å². The number of hydrogen-bond donors (Lipinski definition) is 0. The Morgan fingerprint density at radius 3 is 2.26 bits per heavy atom. The van der Waals surface area contributed by atoms with Crippen molar-refractivity contribution >= 4 is 15.7 Å². The molecule has 100 valence electrons. The fourth-order valence-electron chi connectivity index (χ4n) is 2.17. The highest BCUT2D eigenvalue weighted by Crippen LogP contribution is 2.31. The van der Waals surface area contributed by atoms with E-state index in [1.807, 2.05) is 19.1 Å². The van der Waals surface area contributed by atoms with Crippen molar-refractivity contribution in [1.82, 2.24) is 4.98 Å². The Morgan fingerprint density at radius 2 is 1.74 bits per heavy atom. The Bertz CT molecular complexity index is 672. The summed E-state index contributed by atoms with van der Waals surface area (Å²) in [6.07, 6.45) is 3.00. The topological polar surface area (TPSA) is 61.1 Å². The van der Waals surface area contributed by atoms with Crippen molar-refractivity contribution in [3.05, 3.63) is 58.1 Å². The standard InChI is InChI=1S/C14H15N2O2S/c1-10-7-11(2)14(12(3)8-10)19(17,18)16-13-5-4-6-15-9-13/h4-9H,1-3H3/q-1. The van der Waals surface area contributed by atoms with Crippen molar-refractivity contribution in [3.8, 4) is 0 Å². The maximum absolute atomic E-state index is 12.4. The van der Waals surface area contributed by atoms with Crippen LogP contribution in [0.5, 0.6) is 0 Å². The smallest absolute Gasteiger partial charge is 0.123 e. The molecule has 2 rings (SSSR count). The van der Waals surface area contributed by atoms with Gasteiger partial charge in [0.1, 0.15) is 10.0 Å². The van der Waals surface area contributed by atoms with E-state index in [9.17, 15) is 8.42 Å². The SMILES string of the molecule is Cc1cc(C)c(S(=O)(=O)[N-]c2cccnc2)c(C)c1. The molecule has 0 unspecified atom stereocenters. The molecule has 0 N–H and O–H groups in total. The normalized spacial score (nSPS) is 11.3. The first-order valence-electron chi connectivity index (χ1n) is 5.86. The van der Waals surface area contributed by atoms with Gasteiger partial charge < -0.3 is 4.72 Å². The van der Waals surface area contributed by atoms with Crippen LogP contribution in [0.1, 0.15) is 16.7 Å². The number of pyridine rings is 1. The minimum Gasteiger partial charge on any atom is -0.571 e. The molecule has 1 aromatic heterocycles. The zero-order valence-electron chi connectivity index (χ0n) is 11.1. The lowest BCUT2D eigenvalue weighted by atomic mass is 10.1. The van der Waals surface area contributed by atoms with Gasteiger partial charge in [-0.2, -0.15) is 0 Å². The molecule has 4 nitrogen and oxygen atoms in total. The second-order valence-corrected chi connectivity index (χ2v) is 6.05. The molecule has 5 heteroatoms. The van der Waals surface area contributed by atoms with Crippen LogP contribution in [0.25, 0.3) is 4.72 Å². The molecule has 0 aliphatic rings. The first kappa shape index (κ1) is 13.5. The van der Waals surface area contributed by atoms with Crippen molar-refractivity contribution in [1.29, 1.82) is 0 Å². The van der Waals surface area contributed by atoms with Gasteiger partial charge in [-0.05, 0) is 38.0 Å². The van der Waals surface area contributed by atoms with Crippen molar-refractivity contribution in [2.45, 2.75) is 25.7 Å². The fraction of sp³-hybridized carbons (Fsp3) is 0.214. The number of nitrogens with zero attached hydrogens (tertiary/aromatic N) is 2. The molecule has 0 spiro atoms. The molecule has 0 radical (unpaired) electrons. The Hall–Kier alpha value is -1.88. The van der Waals surface area contributed by atoms with Crippen LogP contribution in [-0.4, -0.2) is 13.4 Å². The molecule has 0 saturated heterocycles. The van der Waals surface area contributed by atoms with Gasteiger partial charge in [-0.3, -0.25) is 4.98 Å². The fourth-order valence-corrected chi connectivity index (χ4v) is 3.57. The first-order valence-corrected chi connectivity index (χ1v) is 7.30. The number of rotatable bonds is 3. The van der Waals surface area contributed by atoms with E-state index in [2.05, 4.69) is 9.71 Å². The zero-order chi connectivity index (χ0) is 14.0. The molecule has 0 aliphatic carbocycles. The summed E-state index contributed by atoms with van der Waals surface area (Å²) in [5.74, 6) is 0. The summed E-state index contributed by atoms with van der Waals surface area (Å²) < 4.78 is 28.5. The lowest BCUT2D eigenvalue weighted by Crippen LogP contribution is -2.04. The third-order valence-corrected chi connectivity index (χ3v) is 4.35. The van der Waals surface area contributed by atoms with E-state index in [1.54, 1.807) is 32.2 Å². The summed E-state index contributed by atoms with van der Waals surface area (Å²) in [7, 11) is -3.71. The summed E-state index contributed by atoms with van der Waals surface area (Å²) in [6, 6.07) is 6.96. The molecule has 1 aromatic carbocycles. The summed E-state index contributed by atoms with van der Waals surface area (Å²) >= 11 is 0. The Labute approximate surface area is 113 Å². The van der Waals surface area contributed by atoms with E-state index in [0.717, 1.165) is 5.56 Å². The monoisotopic (exact) mass is 275 g/mol. The van der Waals surface area contributed by atoms with Gasteiger partial charge in [-0.15, -0.1) is 5.69 Å². The van der Waals surface area contributed by atoms with Gasteiger partial charge in [0, 0.05) is 12.4 Å². The third kappa shape index (κ3) is 2.93. The minimum atomic E-state index is -3.71. The molecule has 0 fully saturated rings. The van der Waals surface area contributed by atoms with Crippen LogP contribution < -0.4 is 0 Å². The van der Waals surface area contributed by atoms with E-state index < -0.39 is 10.0 Å². The third-order valence-electron chi connectivity index (χ3n) is 2.73. The Morgan fingerprint density at radius 1 is 1.11 bits per heavy atom. The van der Waals surface area contributed by atoms with Gasteiger partial charge in [-0.25, -0.2) is 8.42 Å². The molecular weight excluding hydrogens is 260 g/mol. The second-order valence-electron chi connectivity index (χ2n) is 4.51. The highest BCUT2D eigenvalue weighted by atomic mass is 32.2. The molecule has 2 aromatic rings. The number of benzene rings is 1. The summed E-state index contributed by atoms with van der Waals surface area (Å²) in [5.41, 5.74) is 2.80. The Kier molecular flexibility index (Phi) is 3.57. The van der Waals surface area contributed by atoms with Gasteiger partial charge in [0.15, 0.2) is 0 Å². The number of aromatic nitrogens is 1. The lowest BCUT2D eigenvalue weighted by molar-refractivity contribution is 0.602. The van der Waals surface area contributed by atoms with E-state index >= 15 is 0 Å². The van der Waals surface area contributed by atoms with Crippen molar-refractivity contribution in [3.63, 3.8) is 0 Å². The minimum absolute atomic E-state index is 0.280. The number of sulfonamides is 1. The molecule has 0 atom stereocenters. The van der Waals surface area contributed by atoms with Gasteiger partial charge in [0.25, 0.3) is 0 Å². The maximum atomic E-state index is 12.4. The van der Waals surface area contributed by atoms with Crippen molar-refractivity contribution < 1.29 is 8.42 Å². The van der Waals surface area contributed by atoms with E-state index in [-0.39, 0.29) is 4.90 Å². The van der Waals surface area contributed by atoms with Crippen LogP contribution in [0.15, 0.2) is 41.6 Å². The van der Waals surface area contributed by atoms with Crippen LogP contribution in [0.3, 0.4) is 0 Å². The van der Waals surface area contributed by atoms with Crippen LogP contribution in [0.2, 0.25) is 0 Å². The number of hydrogen-bond acceptors (Lipinski definition) is 3. The molecule has 0 aliphatic heterocycles. The van der Waals surface area contributed by atoms with Crippen LogP contribution >= 0.6 is 0 Å². The van der Waals surface area contributed by atoms with Gasteiger partial charge in [0.05, 0.1) is 4.90 Å². The van der Waals surface area contributed by atoms with Gasteiger partial charge in [0.2, 0.25) is 0 Å². The average Bonchev–Trinajstić information content (AvgIpc) is 2.27. The molecule has 0 bridgehead atoms.